The molecule has 4 rings (SSSR count). The van der Waals surface area contributed by atoms with Gasteiger partial charge in [-0.25, -0.2) is 19.2 Å². The number of ether oxygens (including phenoxy) is 4. The minimum absolute atomic E-state index is 0.00423. The van der Waals surface area contributed by atoms with Gasteiger partial charge in [0.2, 0.25) is 0 Å². The van der Waals surface area contributed by atoms with E-state index in [2.05, 4.69) is 85.2 Å². The summed E-state index contributed by atoms with van der Waals surface area (Å²) in [6.07, 6.45) is 3.88. The van der Waals surface area contributed by atoms with Crippen molar-refractivity contribution in [1.82, 2.24) is 16.0 Å². The minimum atomic E-state index is -1.11. The second-order valence-corrected chi connectivity index (χ2v) is 22.3. The quantitative estimate of drug-likeness (QED) is 0.0668. The molecule has 1 saturated carbocycles. The Morgan fingerprint density at radius 3 is 0.889 bits per heavy atom. The summed E-state index contributed by atoms with van der Waals surface area (Å²) in [5.41, 5.74) is -3.38. The van der Waals surface area contributed by atoms with E-state index in [1.165, 1.54) is 0 Å². The first-order valence-corrected chi connectivity index (χ1v) is 20.1. The van der Waals surface area contributed by atoms with Gasteiger partial charge in [-0.05, 0) is 132 Å². The first-order chi connectivity index (χ1) is 24.3. The number of rotatable bonds is 12. The second kappa shape index (κ2) is 14.8. The molecule has 0 spiro atoms. The van der Waals surface area contributed by atoms with E-state index in [9.17, 15) is 19.2 Å². The summed E-state index contributed by atoms with van der Waals surface area (Å²) in [6, 6.07) is 0. The second-order valence-electron chi connectivity index (χ2n) is 22.3. The molecule has 54 heavy (non-hydrogen) atoms. The Hall–Kier alpha value is -2.50. The predicted octanol–water partition coefficient (Wildman–Crippen LogP) is 6.42. The van der Waals surface area contributed by atoms with Gasteiger partial charge in [0.15, 0.2) is 11.1 Å². The molecule has 11 heteroatoms. The van der Waals surface area contributed by atoms with Crippen molar-refractivity contribution in [3.63, 3.8) is 0 Å². The van der Waals surface area contributed by atoms with Crippen molar-refractivity contribution in [2.75, 3.05) is 26.4 Å². The number of hydrogen-bond acceptors (Lipinski definition) is 11. The lowest BCUT2D eigenvalue weighted by molar-refractivity contribution is -0.155. The lowest BCUT2D eigenvalue weighted by Gasteiger charge is -2.29. The summed E-state index contributed by atoms with van der Waals surface area (Å²) < 4.78 is 23.5. The van der Waals surface area contributed by atoms with Crippen LogP contribution in [0.3, 0.4) is 0 Å². The zero-order valence-electron chi connectivity index (χ0n) is 36.4. The largest absolute Gasteiger partial charge is 0.462 e. The van der Waals surface area contributed by atoms with Gasteiger partial charge in [-0.1, -0.05) is 27.7 Å². The van der Waals surface area contributed by atoms with Crippen LogP contribution < -0.4 is 16.0 Å². The summed E-state index contributed by atoms with van der Waals surface area (Å²) in [4.78, 5) is 57.0. The SMILES string of the molecule is CC1(C)CC(COC(=O)C(C(=O)OCC2CC(C)(C)NC2(C)C)=C(C(=O)OCC2CC(C)(C)NC2(C)C)C(=O)OCC2CC(C)(C)NC2(C)C)C(C)(C)C1. The third-order valence-corrected chi connectivity index (χ3v) is 12.9. The number of carbonyl (C=O) groups excluding carboxylic acids is 4. The normalized spacial score (nSPS) is 30.3. The van der Waals surface area contributed by atoms with E-state index < -0.39 is 35.0 Å². The Labute approximate surface area is 325 Å². The molecule has 0 bridgehead atoms. The number of nitrogens with one attached hydrogen (secondary N) is 3. The van der Waals surface area contributed by atoms with Gasteiger partial charge in [-0.2, -0.15) is 0 Å². The van der Waals surface area contributed by atoms with Crippen LogP contribution in [0, 0.1) is 34.5 Å². The fourth-order valence-electron chi connectivity index (χ4n) is 10.7. The maximum atomic E-state index is 14.3. The van der Waals surface area contributed by atoms with E-state index in [0.717, 1.165) is 12.8 Å². The molecular formula is C43H73N3O8. The third-order valence-electron chi connectivity index (χ3n) is 12.9. The molecule has 3 heterocycles. The minimum Gasteiger partial charge on any atom is -0.462 e. The maximum Gasteiger partial charge on any atom is 0.346 e. The van der Waals surface area contributed by atoms with Gasteiger partial charge < -0.3 is 34.9 Å². The first kappa shape index (κ1) is 44.2. The zero-order valence-corrected chi connectivity index (χ0v) is 36.4. The summed E-state index contributed by atoms with van der Waals surface area (Å²) in [6.45, 7) is 33.3. The number of esters is 4. The molecule has 0 aromatic heterocycles. The molecule has 3 N–H and O–H groups in total. The van der Waals surface area contributed by atoms with Gasteiger partial charge in [0.05, 0.1) is 26.4 Å². The average Bonchev–Trinajstić information content (AvgIpc) is 3.51. The molecule has 0 aromatic rings. The maximum absolute atomic E-state index is 14.3. The summed E-state index contributed by atoms with van der Waals surface area (Å²) in [5, 5.41) is 10.7. The summed E-state index contributed by atoms with van der Waals surface area (Å²) in [5.74, 6) is -4.72. The lowest BCUT2D eigenvalue weighted by atomic mass is 9.81. The van der Waals surface area contributed by atoms with Gasteiger partial charge in [-0.15, -0.1) is 0 Å². The van der Waals surface area contributed by atoms with Crippen LogP contribution in [0.25, 0.3) is 0 Å². The van der Waals surface area contributed by atoms with Gasteiger partial charge in [0.25, 0.3) is 0 Å². The van der Waals surface area contributed by atoms with Crippen molar-refractivity contribution in [2.45, 2.75) is 176 Å². The van der Waals surface area contributed by atoms with Crippen molar-refractivity contribution in [3.8, 4) is 0 Å². The molecule has 0 radical (unpaired) electrons. The molecule has 3 aliphatic heterocycles. The molecule has 308 valence electrons. The zero-order chi connectivity index (χ0) is 41.1. The topological polar surface area (TPSA) is 141 Å². The Morgan fingerprint density at radius 1 is 0.426 bits per heavy atom. The highest BCUT2D eigenvalue weighted by Gasteiger charge is 2.49. The Bertz CT molecular complexity index is 1280. The highest BCUT2D eigenvalue weighted by Crippen LogP contribution is 2.52. The van der Waals surface area contributed by atoms with Crippen LogP contribution in [-0.2, 0) is 38.1 Å². The highest BCUT2D eigenvalue weighted by atomic mass is 16.6. The van der Waals surface area contributed by atoms with Gasteiger partial charge in [-0.3, -0.25) is 0 Å². The van der Waals surface area contributed by atoms with Gasteiger partial charge >= 0.3 is 23.9 Å². The van der Waals surface area contributed by atoms with E-state index in [1.54, 1.807) is 0 Å². The number of carbonyl (C=O) groups is 4. The van der Waals surface area contributed by atoms with Crippen LogP contribution in [-0.4, -0.2) is 83.5 Å². The number of hydrogen-bond donors (Lipinski definition) is 3. The Balaban J connectivity index is 1.71. The monoisotopic (exact) mass is 760 g/mol. The van der Waals surface area contributed by atoms with Gasteiger partial charge in [0.1, 0.15) is 0 Å². The molecule has 0 amide bonds. The van der Waals surface area contributed by atoms with Crippen LogP contribution in [0.1, 0.15) is 143 Å². The molecular weight excluding hydrogens is 686 g/mol. The van der Waals surface area contributed by atoms with E-state index in [4.69, 9.17) is 18.9 Å². The molecule has 3 saturated heterocycles. The average molecular weight is 760 g/mol. The fourth-order valence-corrected chi connectivity index (χ4v) is 10.7. The van der Waals surface area contributed by atoms with Crippen molar-refractivity contribution >= 4 is 23.9 Å². The summed E-state index contributed by atoms with van der Waals surface area (Å²) >= 11 is 0. The molecule has 11 nitrogen and oxygen atoms in total. The standard InChI is InChI=1S/C43H73N3O8/c1-36(2)17-26(37(3,4)25-36)21-51-32(47)30(33(48)52-22-27-18-38(5,6)44-41(27,11)12)31(34(49)53-23-28-19-39(7,8)45-42(28,13)14)35(50)54-24-29-20-40(9,10)46-43(29,15)16/h26-29,44-46H,17-25H2,1-16H3. The van der Waals surface area contributed by atoms with Crippen LogP contribution in [0.15, 0.2) is 11.1 Å². The van der Waals surface area contributed by atoms with Crippen LogP contribution >= 0.6 is 0 Å². The Morgan fingerprint density at radius 2 is 0.685 bits per heavy atom. The van der Waals surface area contributed by atoms with Crippen LogP contribution in [0.5, 0.6) is 0 Å². The fraction of sp³-hybridized carbons (Fsp3) is 0.860. The molecule has 1 aliphatic carbocycles. The van der Waals surface area contributed by atoms with Crippen molar-refractivity contribution < 1.29 is 38.1 Å². The summed E-state index contributed by atoms with van der Waals surface area (Å²) in [7, 11) is 0. The van der Waals surface area contributed by atoms with E-state index in [1.807, 2.05) is 41.5 Å². The molecule has 0 aromatic carbocycles. The highest BCUT2D eigenvalue weighted by molar-refractivity contribution is 6.28. The van der Waals surface area contributed by atoms with Crippen molar-refractivity contribution in [3.05, 3.63) is 11.1 Å². The lowest BCUT2D eigenvalue weighted by Crippen LogP contribution is -2.46. The first-order valence-electron chi connectivity index (χ1n) is 20.1. The molecule has 4 atom stereocenters. The predicted molar refractivity (Wildman–Crippen MR) is 209 cm³/mol. The third kappa shape index (κ3) is 10.5. The molecule has 4 unspecified atom stereocenters. The molecule has 4 fully saturated rings. The van der Waals surface area contributed by atoms with Crippen molar-refractivity contribution in [2.24, 2.45) is 34.5 Å². The smallest absolute Gasteiger partial charge is 0.346 e. The van der Waals surface area contributed by atoms with Crippen LogP contribution in [0.2, 0.25) is 0 Å². The molecule has 4 aliphatic rings. The van der Waals surface area contributed by atoms with E-state index in [-0.39, 0.29) is 94.2 Å². The van der Waals surface area contributed by atoms with Crippen molar-refractivity contribution in [1.29, 1.82) is 0 Å². The van der Waals surface area contributed by atoms with Gasteiger partial charge in [0, 0.05) is 51.0 Å². The van der Waals surface area contributed by atoms with E-state index >= 15 is 0 Å². The van der Waals surface area contributed by atoms with E-state index in [0.29, 0.717) is 19.3 Å². The van der Waals surface area contributed by atoms with Crippen LogP contribution in [0.4, 0.5) is 0 Å². The Kier molecular flexibility index (Phi) is 12.1.